The van der Waals surface area contributed by atoms with Gasteiger partial charge in [-0.15, -0.1) is 15.3 Å². The summed E-state index contributed by atoms with van der Waals surface area (Å²) in [6.45, 7) is 7.20. The fourth-order valence-electron chi connectivity index (χ4n) is 4.47. The van der Waals surface area contributed by atoms with Crippen LogP contribution in [-0.4, -0.2) is 36.1 Å². The molecule has 0 bridgehead atoms. The maximum atomic E-state index is 4.98. The topological polar surface area (TPSA) is 64.1 Å². The first-order valence-corrected chi connectivity index (χ1v) is 9.43. The van der Waals surface area contributed by atoms with Gasteiger partial charge in [0.05, 0.1) is 11.7 Å². The first-order valence-electron chi connectivity index (χ1n) is 9.43. The molecule has 1 aliphatic heterocycles. The van der Waals surface area contributed by atoms with Crippen LogP contribution in [0.1, 0.15) is 41.7 Å². The summed E-state index contributed by atoms with van der Waals surface area (Å²) in [6.07, 6.45) is 2.26. The van der Waals surface area contributed by atoms with Gasteiger partial charge in [0.1, 0.15) is 0 Å². The van der Waals surface area contributed by atoms with Crippen LogP contribution in [0.25, 0.3) is 16.4 Å². The summed E-state index contributed by atoms with van der Waals surface area (Å²) in [5.41, 5.74) is 4.49. The first-order chi connectivity index (χ1) is 13.1. The molecule has 0 aliphatic carbocycles. The summed E-state index contributed by atoms with van der Waals surface area (Å²) in [5, 5.41) is 20.4. The highest BCUT2D eigenvalue weighted by atomic mass is 15.4. The van der Waals surface area contributed by atoms with Crippen LogP contribution in [0.15, 0.2) is 24.3 Å². The summed E-state index contributed by atoms with van der Waals surface area (Å²) >= 11 is 0. The second kappa shape index (κ2) is 5.77. The zero-order chi connectivity index (χ0) is 18.7. The molecule has 1 unspecified atom stereocenters. The zero-order valence-corrected chi connectivity index (χ0v) is 16.1. The Labute approximate surface area is 157 Å². The molecule has 138 valence electrons. The molecule has 27 heavy (non-hydrogen) atoms. The molecule has 0 spiro atoms. The van der Waals surface area contributed by atoms with Crippen molar-refractivity contribution < 1.29 is 0 Å². The fourth-order valence-corrected chi connectivity index (χ4v) is 4.47. The minimum Gasteiger partial charge on any atom is -0.347 e. The fraction of sp³-hybridized carbons (Fsp3) is 0.400. The molecule has 4 aromatic rings. The Morgan fingerprint density at radius 2 is 1.78 bits per heavy atom. The van der Waals surface area contributed by atoms with Gasteiger partial charge in [0, 0.05) is 35.6 Å². The lowest BCUT2D eigenvalue weighted by Crippen LogP contribution is -2.25. The Bertz CT molecular complexity index is 1170. The quantitative estimate of drug-likeness (QED) is 0.548. The second-order valence-electron chi connectivity index (χ2n) is 7.41. The number of hydrogen-bond donors (Lipinski definition) is 0. The average molecular weight is 361 g/mol. The van der Waals surface area contributed by atoms with E-state index in [1.807, 2.05) is 29.2 Å². The van der Waals surface area contributed by atoms with Crippen molar-refractivity contribution in [2.24, 2.45) is 7.05 Å². The standard InChI is InChI=1S/C20H23N7/c1-12-18(13(2)25(4)23-12)17-10-7-11-26(17)20-16-9-6-5-8-15(16)19-22-21-14(3)27(19)24-20/h5-6,8-9,17H,7,10-11H2,1-4H3. The molecule has 5 rings (SSSR count). The lowest BCUT2D eigenvalue weighted by molar-refractivity contribution is 0.688. The van der Waals surface area contributed by atoms with E-state index in [1.165, 1.54) is 11.3 Å². The van der Waals surface area contributed by atoms with Crippen molar-refractivity contribution in [3.05, 3.63) is 47.0 Å². The van der Waals surface area contributed by atoms with E-state index in [2.05, 4.69) is 52.2 Å². The third-order valence-electron chi connectivity index (χ3n) is 5.82. The highest BCUT2D eigenvalue weighted by Gasteiger charge is 2.33. The van der Waals surface area contributed by atoms with E-state index in [9.17, 15) is 0 Å². The highest BCUT2D eigenvalue weighted by Crippen LogP contribution is 2.40. The lowest BCUT2D eigenvalue weighted by Gasteiger charge is -2.27. The molecule has 0 radical (unpaired) electrons. The molecule has 0 N–H and O–H groups in total. The van der Waals surface area contributed by atoms with Gasteiger partial charge in [0.2, 0.25) is 0 Å². The minimum atomic E-state index is 0.295. The van der Waals surface area contributed by atoms with Crippen LogP contribution < -0.4 is 4.90 Å². The molecule has 1 saturated heterocycles. The molecular weight excluding hydrogens is 338 g/mol. The zero-order valence-electron chi connectivity index (χ0n) is 16.1. The maximum Gasteiger partial charge on any atom is 0.185 e. The summed E-state index contributed by atoms with van der Waals surface area (Å²) < 4.78 is 3.86. The number of aromatic nitrogens is 6. The van der Waals surface area contributed by atoms with Gasteiger partial charge in [0.25, 0.3) is 0 Å². The van der Waals surface area contributed by atoms with Crippen LogP contribution in [-0.2, 0) is 7.05 Å². The van der Waals surface area contributed by atoms with E-state index < -0.39 is 0 Å². The molecule has 1 fully saturated rings. The molecule has 3 aromatic heterocycles. The predicted octanol–water partition coefficient (Wildman–Crippen LogP) is 3.28. The van der Waals surface area contributed by atoms with Crippen molar-refractivity contribution in [1.29, 1.82) is 0 Å². The summed E-state index contributed by atoms with van der Waals surface area (Å²) in [7, 11) is 2.02. The normalized spacial score (nSPS) is 17.5. The lowest BCUT2D eigenvalue weighted by atomic mass is 10.0. The van der Waals surface area contributed by atoms with Gasteiger partial charge in [-0.05, 0) is 33.6 Å². The van der Waals surface area contributed by atoms with Crippen molar-refractivity contribution in [3.8, 4) is 0 Å². The maximum absolute atomic E-state index is 4.98. The van der Waals surface area contributed by atoms with Crippen molar-refractivity contribution in [1.82, 2.24) is 29.6 Å². The van der Waals surface area contributed by atoms with Crippen LogP contribution in [0.3, 0.4) is 0 Å². The SMILES string of the molecule is Cc1nn(C)c(C)c1C1CCCN1c1nn2c(C)nnc2c2ccccc12. The smallest absolute Gasteiger partial charge is 0.185 e. The van der Waals surface area contributed by atoms with E-state index in [1.54, 1.807) is 0 Å². The predicted molar refractivity (Wildman–Crippen MR) is 105 cm³/mol. The van der Waals surface area contributed by atoms with Crippen molar-refractivity contribution in [2.45, 2.75) is 39.7 Å². The molecule has 1 atom stereocenters. The third-order valence-corrected chi connectivity index (χ3v) is 5.82. The van der Waals surface area contributed by atoms with Gasteiger partial charge in [-0.25, -0.2) is 0 Å². The average Bonchev–Trinajstić information content (AvgIpc) is 3.34. The molecule has 1 aromatic carbocycles. The molecule has 0 saturated carbocycles. The van der Waals surface area contributed by atoms with E-state index in [0.29, 0.717) is 6.04 Å². The Morgan fingerprint density at radius 1 is 1.00 bits per heavy atom. The number of benzene rings is 1. The number of nitrogens with zero attached hydrogens (tertiary/aromatic N) is 7. The number of fused-ring (bicyclic) bond motifs is 3. The van der Waals surface area contributed by atoms with Gasteiger partial charge < -0.3 is 4.90 Å². The van der Waals surface area contributed by atoms with Gasteiger partial charge in [-0.3, -0.25) is 4.68 Å². The Hall–Kier alpha value is -2.96. The Morgan fingerprint density at radius 3 is 2.52 bits per heavy atom. The first kappa shape index (κ1) is 16.2. The molecule has 7 heteroatoms. The monoisotopic (exact) mass is 361 g/mol. The molecular formula is C20H23N7. The third kappa shape index (κ3) is 2.27. The molecule has 4 heterocycles. The van der Waals surface area contributed by atoms with E-state index >= 15 is 0 Å². The van der Waals surface area contributed by atoms with Gasteiger partial charge >= 0.3 is 0 Å². The van der Waals surface area contributed by atoms with Gasteiger partial charge in [-0.1, -0.05) is 24.3 Å². The summed E-state index contributed by atoms with van der Waals surface area (Å²) in [6, 6.07) is 8.66. The number of aryl methyl sites for hydroxylation is 3. The number of anilines is 1. The van der Waals surface area contributed by atoms with E-state index in [-0.39, 0.29) is 0 Å². The van der Waals surface area contributed by atoms with Crippen LogP contribution in [0, 0.1) is 20.8 Å². The van der Waals surface area contributed by atoms with E-state index in [0.717, 1.165) is 53.1 Å². The minimum absolute atomic E-state index is 0.295. The second-order valence-corrected chi connectivity index (χ2v) is 7.41. The van der Waals surface area contributed by atoms with Crippen LogP contribution in [0.4, 0.5) is 5.82 Å². The summed E-state index contributed by atoms with van der Waals surface area (Å²) in [5.74, 6) is 1.81. The van der Waals surface area contributed by atoms with Crippen LogP contribution in [0.5, 0.6) is 0 Å². The van der Waals surface area contributed by atoms with Crippen molar-refractivity contribution in [2.75, 3.05) is 11.4 Å². The van der Waals surface area contributed by atoms with Crippen LogP contribution >= 0.6 is 0 Å². The largest absolute Gasteiger partial charge is 0.347 e. The highest BCUT2D eigenvalue weighted by molar-refractivity contribution is 6.00. The number of hydrogen-bond acceptors (Lipinski definition) is 5. The molecule has 7 nitrogen and oxygen atoms in total. The Kier molecular flexibility index (Phi) is 3.47. The number of rotatable bonds is 2. The van der Waals surface area contributed by atoms with E-state index in [4.69, 9.17) is 5.10 Å². The van der Waals surface area contributed by atoms with Crippen molar-refractivity contribution in [3.63, 3.8) is 0 Å². The van der Waals surface area contributed by atoms with Gasteiger partial charge in [0.15, 0.2) is 17.3 Å². The summed E-state index contributed by atoms with van der Waals surface area (Å²) in [4.78, 5) is 2.44. The molecule has 1 aliphatic rings. The molecule has 0 amide bonds. The van der Waals surface area contributed by atoms with Gasteiger partial charge in [-0.2, -0.15) is 9.61 Å². The van der Waals surface area contributed by atoms with Crippen LogP contribution in [0.2, 0.25) is 0 Å². The van der Waals surface area contributed by atoms with Crippen molar-refractivity contribution >= 4 is 22.2 Å². The Balaban J connectivity index is 1.75.